The summed E-state index contributed by atoms with van der Waals surface area (Å²) in [6, 6.07) is 7.44. The van der Waals surface area contributed by atoms with Gasteiger partial charge in [0.2, 0.25) is 0 Å². The first-order valence-corrected chi connectivity index (χ1v) is 17.0. The molecule has 12 heteroatoms. The van der Waals surface area contributed by atoms with Gasteiger partial charge in [-0.1, -0.05) is 12.0 Å². The molecule has 0 radical (unpaired) electrons. The van der Waals surface area contributed by atoms with Crippen LogP contribution in [0.25, 0.3) is 32.1 Å². The zero-order valence-corrected chi connectivity index (χ0v) is 26.6. The topological polar surface area (TPSA) is 103 Å². The third kappa shape index (κ3) is 4.97. The number of piperazine rings is 1. The number of nitrogens with two attached hydrogens (primary N) is 1. The number of anilines is 2. The van der Waals surface area contributed by atoms with Crippen molar-refractivity contribution in [2.24, 2.45) is 0 Å². The molecule has 8 rings (SSSR count). The molecule has 0 spiro atoms. The summed E-state index contributed by atoms with van der Waals surface area (Å²) in [5, 5.41) is 14.3. The molecular weight excluding hydrogens is 623 g/mol. The van der Waals surface area contributed by atoms with Gasteiger partial charge in [0.25, 0.3) is 0 Å². The van der Waals surface area contributed by atoms with E-state index in [0.29, 0.717) is 59.3 Å². The molecule has 47 heavy (non-hydrogen) atoms. The van der Waals surface area contributed by atoms with Crippen molar-refractivity contribution in [3.63, 3.8) is 0 Å². The van der Waals surface area contributed by atoms with E-state index in [1.807, 2.05) is 6.07 Å². The van der Waals surface area contributed by atoms with Gasteiger partial charge in [-0.25, -0.2) is 13.2 Å². The average molecular weight is 658 g/mol. The van der Waals surface area contributed by atoms with Gasteiger partial charge in [0.05, 0.1) is 21.9 Å². The summed E-state index contributed by atoms with van der Waals surface area (Å²) < 4.78 is 53.4. The van der Waals surface area contributed by atoms with E-state index in [1.165, 1.54) is 12.1 Å². The second-order valence-electron chi connectivity index (χ2n) is 13.3. The number of ether oxygens (including phenoxy) is 1. The minimum atomic E-state index is -0.915. The summed E-state index contributed by atoms with van der Waals surface area (Å²) in [5.74, 6) is 2.00. The number of nitriles is 1. The molecule has 3 unspecified atom stereocenters. The third-order valence-corrected chi connectivity index (χ3v) is 11.5. The number of hydrogen-bond donors (Lipinski definition) is 2. The van der Waals surface area contributed by atoms with Crippen LogP contribution in [0.5, 0.6) is 6.01 Å². The molecule has 2 aromatic heterocycles. The lowest BCUT2D eigenvalue weighted by atomic mass is 9.91. The molecule has 0 amide bonds. The number of hydrogen-bond acceptors (Lipinski definition) is 9. The van der Waals surface area contributed by atoms with Crippen molar-refractivity contribution in [2.45, 2.75) is 68.7 Å². The number of alkyl halides is 1. The fraction of sp³-hybridized carbons (Fsp3) is 0.457. The molecule has 0 saturated carbocycles. The molecule has 2 bridgehead atoms. The fourth-order valence-electron chi connectivity index (χ4n) is 8.39. The summed E-state index contributed by atoms with van der Waals surface area (Å²) in [7, 11) is 0. The highest BCUT2D eigenvalue weighted by Gasteiger charge is 2.49. The van der Waals surface area contributed by atoms with Crippen LogP contribution < -0.4 is 20.7 Å². The van der Waals surface area contributed by atoms with Gasteiger partial charge in [0.1, 0.15) is 34.9 Å². The summed E-state index contributed by atoms with van der Waals surface area (Å²) in [4.78, 5) is 13.9. The average Bonchev–Trinajstić information content (AvgIpc) is 3.79. The normalized spacial score (nSPS) is 25.4. The van der Waals surface area contributed by atoms with Crippen molar-refractivity contribution in [1.82, 2.24) is 20.2 Å². The Bertz CT molecular complexity index is 1990. The Morgan fingerprint density at radius 3 is 2.77 bits per heavy atom. The van der Waals surface area contributed by atoms with Crippen LogP contribution in [0.2, 0.25) is 0 Å². The molecule has 4 atom stereocenters. The Balaban J connectivity index is 1.32. The van der Waals surface area contributed by atoms with Crippen LogP contribution in [-0.4, -0.2) is 71.4 Å². The Morgan fingerprint density at radius 2 is 2.00 bits per heavy atom. The number of fused-ring (bicyclic) bond motifs is 5. The van der Waals surface area contributed by atoms with E-state index in [-0.39, 0.29) is 58.3 Å². The van der Waals surface area contributed by atoms with Gasteiger partial charge in [-0.2, -0.15) is 15.2 Å². The van der Waals surface area contributed by atoms with E-state index < -0.39 is 23.3 Å². The van der Waals surface area contributed by atoms with E-state index in [2.05, 4.69) is 32.1 Å². The number of thiophene rings is 1. The zero-order valence-electron chi connectivity index (χ0n) is 25.8. The smallest absolute Gasteiger partial charge is 0.319 e. The molecule has 242 valence electrons. The van der Waals surface area contributed by atoms with Crippen molar-refractivity contribution in [3.05, 3.63) is 41.0 Å². The van der Waals surface area contributed by atoms with Crippen molar-refractivity contribution in [2.75, 3.05) is 43.4 Å². The minimum absolute atomic E-state index is 0.0323. The molecule has 4 fully saturated rings. The summed E-state index contributed by atoms with van der Waals surface area (Å²) in [5.41, 5.74) is 7.28. The van der Waals surface area contributed by atoms with Gasteiger partial charge in [-0.15, -0.1) is 17.8 Å². The molecule has 8 nitrogen and oxygen atoms in total. The van der Waals surface area contributed by atoms with Crippen molar-refractivity contribution in [1.29, 1.82) is 5.26 Å². The quantitative estimate of drug-likeness (QED) is 0.244. The molecule has 0 aliphatic carbocycles. The SMILES string of the molecule is C#Cc1c(N)sc2c(F)ccc(-c3c(CCC#N)cc4c(N5CC6CCC(C5)N6)nc(OCC56CCCN5C[C@H](F)C6)nc4c3F)c12. The minimum Gasteiger partial charge on any atom is -0.461 e. The number of aromatic nitrogens is 2. The first-order valence-electron chi connectivity index (χ1n) is 16.2. The third-order valence-electron chi connectivity index (χ3n) is 10.5. The highest BCUT2D eigenvalue weighted by atomic mass is 32.1. The number of halogens is 3. The predicted molar refractivity (Wildman–Crippen MR) is 177 cm³/mol. The van der Waals surface area contributed by atoms with Gasteiger partial charge in [-0.05, 0) is 61.9 Å². The Hall–Kier alpha value is -4.10. The summed E-state index contributed by atoms with van der Waals surface area (Å²) in [6.45, 7) is 2.80. The van der Waals surface area contributed by atoms with Gasteiger partial charge in [-0.3, -0.25) is 4.90 Å². The number of nitrogen functional groups attached to an aromatic ring is 1. The number of rotatable bonds is 7. The van der Waals surface area contributed by atoms with Gasteiger partial charge >= 0.3 is 6.01 Å². The maximum atomic E-state index is 17.3. The molecule has 4 saturated heterocycles. The summed E-state index contributed by atoms with van der Waals surface area (Å²) >= 11 is 1.02. The van der Waals surface area contributed by atoms with Crippen LogP contribution in [0.15, 0.2) is 18.2 Å². The molecule has 3 N–H and O–H groups in total. The second kappa shape index (κ2) is 11.6. The molecule has 6 heterocycles. The number of aryl methyl sites for hydroxylation is 1. The molecule has 2 aromatic carbocycles. The molecule has 4 aliphatic rings. The largest absolute Gasteiger partial charge is 0.461 e. The lowest BCUT2D eigenvalue weighted by Gasteiger charge is -2.35. The lowest BCUT2D eigenvalue weighted by molar-refractivity contribution is 0.107. The van der Waals surface area contributed by atoms with Crippen LogP contribution in [0.1, 0.15) is 49.7 Å². The molecule has 4 aliphatic heterocycles. The Morgan fingerprint density at radius 1 is 1.19 bits per heavy atom. The second-order valence-corrected chi connectivity index (χ2v) is 14.4. The molecular formula is C35H34F3N7OS. The van der Waals surface area contributed by atoms with E-state index >= 15 is 8.78 Å². The standard InChI is InChI=1S/C35H34F3N7OS/c1-2-23-28-24(8-9-26(37)31(28)47-32(23)40)27-19(5-3-11-39)13-25-30(29(27)38)42-34(43-33(25)44-16-21-6-7-22(17-44)41-21)46-18-35-10-4-12-45(35)15-20(36)14-35/h1,8-9,13,20-22,41H,3-7,10,12,14-18,40H2/t20-,21?,22?,35?/m1/s1. The lowest BCUT2D eigenvalue weighted by Crippen LogP contribution is -2.51. The van der Waals surface area contributed by atoms with Gasteiger partial charge < -0.3 is 20.7 Å². The van der Waals surface area contributed by atoms with E-state index in [4.69, 9.17) is 21.9 Å². The first kappa shape index (κ1) is 30.2. The maximum Gasteiger partial charge on any atom is 0.319 e. The van der Waals surface area contributed by atoms with E-state index in [0.717, 1.165) is 43.6 Å². The number of nitrogens with one attached hydrogen (secondary N) is 1. The number of benzene rings is 2. The maximum absolute atomic E-state index is 17.3. The van der Waals surface area contributed by atoms with Crippen molar-refractivity contribution < 1.29 is 17.9 Å². The van der Waals surface area contributed by atoms with E-state index in [9.17, 15) is 9.65 Å². The summed E-state index contributed by atoms with van der Waals surface area (Å²) in [6.07, 6.45) is 9.56. The Kier molecular flexibility index (Phi) is 7.43. The monoisotopic (exact) mass is 657 g/mol. The van der Waals surface area contributed by atoms with Crippen LogP contribution in [0.4, 0.5) is 24.0 Å². The van der Waals surface area contributed by atoms with Gasteiger partial charge in [0.15, 0.2) is 5.82 Å². The molecule has 4 aromatic rings. The fourth-order valence-corrected chi connectivity index (χ4v) is 9.35. The highest BCUT2D eigenvalue weighted by molar-refractivity contribution is 7.23. The number of nitrogens with zero attached hydrogens (tertiary/aromatic N) is 5. The van der Waals surface area contributed by atoms with E-state index in [1.54, 1.807) is 0 Å². The number of terminal acetylenes is 1. The zero-order chi connectivity index (χ0) is 32.4. The van der Waals surface area contributed by atoms with Crippen LogP contribution in [0.3, 0.4) is 0 Å². The van der Waals surface area contributed by atoms with Crippen LogP contribution in [0, 0.1) is 35.3 Å². The van der Waals surface area contributed by atoms with Crippen LogP contribution in [-0.2, 0) is 6.42 Å². The highest BCUT2D eigenvalue weighted by Crippen LogP contribution is 2.45. The van der Waals surface area contributed by atoms with Crippen LogP contribution >= 0.6 is 11.3 Å². The van der Waals surface area contributed by atoms with Gasteiger partial charge in [0, 0.05) is 60.9 Å². The predicted octanol–water partition coefficient (Wildman–Crippen LogP) is 5.71. The first-order chi connectivity index (χ1) is 22.8. The Labute approximate surface area is 274 Å². The van der Waals surface area contributed by atoms with Crippen molar-refractivity contribution in [3.8, 4) is 35.6 Å². The van der Waals surface area contributed by atoms with Crippen molar-refractivity contribution >= 4 is 43.1 Å².